The van der Waals surface area contributed by atoms with E-state index in [1.165, 1.54) is 6.07 Å². The van der Waals surface area contributed by atoms with Gasteiger partial charge in [-0.3, -0.25) is 9.59 Å². The highest BCUT2D eigenvalue weighted by atomic mass is 19.1. The van der Waals surface area contributed by atoms with Crippen LogP contribution < -0.4 is 11.1 Å². The Morgan fingerprint density at radius 2 is 2.00 bits per heavy atom. The van der Waals surface area contributed by atoms with Gasteiger partial charge in [0, 0.05) is 30.3 Å². The molecule has 8 heteroatoms. The summed E-state index contributed by atoms with van der Waals surface area (Å²) in [6.45, 7) is 0.980. The van der Waals surface area contributed by atoms with E-state index in [4.69, 9.17) is 10.5 Å². The number of benzene rings is 2. The van der Waals surface area contributed by atoms with Crippen molar-refractivity contribution in [3.8, 4) is 0 Å². The molecule has 2 atom stereocenters. The van der Waals surface area contributed by atoms with E-state index in [-0.39, 0.29) is 17.6 Å². The van der Waals surface area contributed by atoms with Gasteiger partial charge in [-0.25, -0.2) is 4.39 Å². The zero-order valence-corrected chi connectivity index (χ0v) is 16.2. The predicted molar refractivity (Wildman–Crippen MR) is 109 cm³/mol. The number of nitrogens with one attached hydrogen (secondary N) is 1. The van der Waals surface area contributed by atoms with Gasteiger partial charge >= 0.3 is 0 Å². The zero-order chi connectivity index (χ0) is 21.3. The molecule has 2 amide bonds. The Morgan fingerprint density at radius 3 is 2.70 bits per heavy atom. The molecular weight excluding hydrogens is 389 g/mol. The van der Waals surface area contributed by atoms with Crippen LogP contribution in [0.5, 0.6) is 0 Å². The number of fused-ring (bicyclic) bond motifs is 1. The first-order valence-corrected chi connectivity index (χ1v) is 9.67. The number of nitrogens with zero attached hydrogens (tertiary/aromatic N) is 1. The molecule has 2 aromatic carbocycles. The van der Waals surface area contributed by atoms with Crippen molar-refractivity contribution < 1.29 is 23.8 Å². The molecule has 1 aliphatic heterocycles. The van der Waals surface area contributed by atoms with Gasteiger partial charge in [-0.15, -0.1) is 0 Å². The fourth-order valence-electron chi connectivity index (χ4n) is 3.72. The van der Waals surface area contributed by atoms with Crippen molar-refractivity contribution in [3.05, 3.63) is 71.2 Å². The molecule has 1 fully saturated rings. The zero-order valence-electron chi connectivity index (χ0n) is 16.2. The summed E-state index contributed by atoms with van der Waals surface area (Å²) in [6, 6.07) is 11.0. The van der Waals surface area contributed by atoms with Crippen molar-refractivity contribution >= 4 is 22.7 Å². The van der Waals surface area contributed by atoms with E-state index in [0.29, 0.717) is 30.7 Å². The molecule has 7 nitrogen and oxygen atoms in total. The van der Waals surface area contributed by atoms with E-state index in [1.807, 2.05) is 0 Å². The highest BCUT2D eigenvalue weighted by molar-refractivity contribution is 6.07. The number of aromatic nitrogens is 1. The summed E-state index contributed by atoms with van der Waals surface area (Å²) < 4.78 is 21.6. The topological polar surface area (TPSA) is 107 Å². The van der Waals surface area contributed by atoms with Crippen LogP contribution >= 0.6 is 0 Å². The Morgan fingerprint density at radius 1 is 1.23 bits per heavy atom. The largest absolute Gasteiger partial charge is 0.389 e. The van der Waals surface area contributed by atoms with Crippen LogP contribution in [0.3, 0.4) is 0 Å². The van der Waals surface area contributed by atoms with E-state index in [1.54, 1.807) is 47.2 Å². The molecule has 0 spiro atoms. The van der Waals surface area contributed by atoms with Crippen molar-refractivity contribution in [1.82, 2.24) is 9.88 Å². The number of nitrogens with two attached hydrogens (primary N) is 1. The second-order valence-electron chi connectivity index (χ2n) is 7.38. The monoisotopic (exact) mass is 411 g/mol. The molecule has 1 aliphatic rings. The fraction of sp³-hybridized carbons (Fsp3) is 0.273. The van der Waals surface area contributed by atoms with E-state index in [2.05, 4.69) is 5.32 Å². The van der Waals surface area contributed by atoms with E-state index >= 15 is 0 Å². The molecule has 0 bridgehead atoms. The molecule has 2 heterocycles. The summed E-state index contributed by atoms with van der Waals surface area (Å²) in [5.74, 6) is -1.45. The maximum absolute atomic E-state index is 14.6. The molecule has 0 radical (unpaired) electrons. The van der Waals surface area contributed by atoms with Gasteiger partial charge < -0.3 is 25.5 Å². The second kappa shape index (κ2) is 8.25. The third-order valence-electron chi connectivity index (χ3n) is 5.33. The van der Waals surface area contributed by atoms with Crippen LogP contribution in [0.4, 0.5) is 4.39 Å². The number of aliphatic hydroxyl groups excluding tert-OH is 1. The number of carbonyl (C=O) groups is 2. The predicted octanol–water partition coefficient (Wildman–Crippen LogP) is 1.81. The van der Waals surface area contributed by atoms with E-state index in [9.17, 15) is 19.1 Å². The normalized spacial score (nSPS) is 19.0. The average Bonchev–Trinajstić information content (AvgIpc) is 3.10. The van der Waals surface area contributed by atoms with Crippen LogP contribution in [0.2, 0.25) is 0 Å². The number of primary amides is 1. The number of hydrogen-bond acceptors (Lipinski definition) is 4. The third-order valence-corrected chi connectivity index (χ3v) is 5.33. The molecule has 156 valence electrons. The molecule has 1 saturated heterocycles. The summed E-state index contributed by atoms with van der Waals surface area (Å²) in [7, 11) is 0. The molecule has 4 rings (SSSR count). The molecule has 0 saturated carbocycles. The average molecular weight is 411 g/mol. The van der Waals surface area contributed by atoms with Gasteiger partial charge in [0.15, 0.2) is 0 Å². The van der Waals surface area contributed by atoms with Gasteiger partial charge in [0.05, 0.1) is 29.8 Å². The highest BCUT2D eigenvalue weighted by Crippen LogP contribution is 2.26. The summed E-state index contributed by atoms with van der Waals surface area (Å²) in [5.41, 5.74) is 7.32. The summed E-state index contributed by atoms with van der Waals surface area (Å²) in [6.07, 6.45) is 1.29. The minimum atomic E-state index is -0.801. The number of halogens is 1. The summed E-state index contributed by atoms with van der Waals surface area (Å²) in [4.78, 5) is 24.2. The standard InChI is InChI=1S/C22H22FN3O4/c23-16-2-1-3-18-20(16)15(22(29)25-17-8-9-30-12-19(17)27)11-26(18)10-13-4-6-14(7-5-13)21(24)28/h1-7,11,17,19,27H,8-10,12H2,(H2,24,28)(H,25,29). The number of amides is 2. The van der Waals surface area contributed by atoms with Gasteiger partial charge in [-0.05, 0) is 36.2 Å². The lowest BCUT2D eigenvalue weighted by Crippen LogP contribution is -2.48. The lowest BCUT2D eigenvalue weighted by Gasteiger charge is -2.28. The Hall–Kier alpha value is -3.23. The van der Waals surface area contributed by atoms with E-state index in [0.717, 1.165) is 5.56 Å². The van der Waals surface area contributed by atoms with E-state index < -0.39 is 29.8 Å². The maximum atomic E-state index is 14.6. The minimum Gasteiger partial charge on any atom is -0.389 e. The van der Waals surface area contributed by atoms with Crippen LogP contribution in [0, 0.1) is 5.82 Å². The molecule has 2 unspecified atom stereocenters. The SMILES string of the molecule is NC(=O)c1ccc(Cn2cc(C(=O)NC3CCOCC3O)c3c(F)cccc32)cc1. The lowest BCUT2D eigenvalue weighted by molar-refractivity contribution is -0.0260. The van der Waals surface area contributed by atoms with Crippen LogP contribution in [-0.4, -0.2) is 46.8 Å². The first kappa shape index (κ1) is 20.1. The lowest BCUT2D eigenvalue weighted by atomic mass is 10.1. The number of hydrogen-bond donors (Lipinski definition) is 3. The van der Waals surface area contributed by atoms with Crippen LogP contribution in [-0.2, 0) is 11.3 Å². The van der Waals surface area contributed by atoms with Crippen LogP contribution in [0.25, 0.3) is 10.9 Å². The highest BCUT2D eigenvalue weighted by Gasteiger charge is 2.27. The van der Waals surface area contributed by atoms with Crippen molar-refractivity contribution in [1.29, 1.82) is 0 Å². The van der Waals surface area contributed by atoms with Gasteiger partial charge in [0.25, 0.3) is 5.91 Å². The van der Waals surface area contributed by atoms with Gasteiger partial charge in [-0.1, -0.05) is 18.2 Å². The van der Waals surface area contributed by atoms with Crippen molar-refractivity contribution in [2.75, 3.05) is 13.2 Å². The van der Waals surface area contributed by atoms with Gasteiger partial charge in [0.2, 0.25) is 5.91 Å². The summed E-state index contributed by atoms with van der Waals surface area (Å²) >= 11 is 0. The van der Waals surface area contributed by atoms with Crippen molar-refractivity contribution in [2.24, 2.45) is 5.73 Å². The minimum absolute atomic E-state index is 0.155. The molecular formula is C22H22FN3O4. The number of aliphatic hydroxyl groups is 1. The van der Waals surface area contributed by atoms with Crippen LogP contribution in [0.15, 0.2) is 48.7 Å². The molecule has 3 aromatic rings. The first-order chi connectivity index (χ1) is 14.4. The molecule has 30 heavy (non-hydrogen) atoms. The second-order valence-corrected chi connectivity index (χ2v) is 7.38. The van der Waals surface area contributed by atoms with Crippen molar-refractivity contribution in [3.63, 3.8) is 0 Å². The molecule has 1 aromatic heterocycles. The number of rotatable bonds is 5. The Labute approximate surface area is 172 Å². The Bertz CT molecular complexity index is 1090. The number of ether oxygens (including phenoxy) is 1. The third kappa shape index (κ3) is 3.92. The fourth-order valence-corrected chi connectivity index (χ4v) is 3.72. The maximum Gasteiger partial charge on any atom is 0.253 e. The number of carbonyl (C=O) groups excluding carboxylic acids is 2. The summed E-state index contributed by atoms with van der Waals surface area (Å²) in [5, 5.41) is 13.1. The molecule has 4 N–H and O–H groups in total. The Kier molecular flexibility index (Phi) is 5.52. The van der Waals surface area contributed by atoms with Crippen LogP contribution in [0.1, 0.15) is 32.7 Å². The quantitative estimate of drug-likeness (QED) is 0.595. The molecule has 0 aliphatic carbocycles. The smallest absolute Gasteiger partial charge is 0.253 e. The van der Waals surface area contributed by atoms with Crippen molar-refractivity contribution in [2.45, 2.75) is 25.1 Å². The van der Waals surface area contributed by atoms with Gasteiger partial charge in [-0.2, -0.15) is 0 Å². The first-order valence-electron chi connectivity index (χ1n) is 9.67. The van der Waals surface area contributed by atoms with Gasteiger partial charge in [0.1, 0.15) is 5.82 Å². The Balaban J connectivity index is 1.65.